The van der Waals surface area contributed by atoms with Gasteiger partial charge in [0, 0.05) is 19.6 Å². The second kappa shape index (κ2) is 6.13. The van der Waals surface area contributed by atoms with Crippen molar-refractivity contribution in [1.29, 1.82) is 0 Å². The van der Waals surface area contributed by atoms with E-state index in [1.54, 1.807) is 12.1 Å². The monoisotopic (exact) mass is 338 g/mol. The molecule has 6 nitrogen and oxygen atoms in total. The maximum atomic E-state index is 13.2. The first-order chi connectivity index (χ1) is 11.0. The number of nitrogens with zero attached hydrogens (tertiary/aromatic N) is 2. The van der Waals surface area contributed by atoms with Crippen molar-refractivity contribution in [1.82, 2.24) is 9.21 Å². The van der Waals surface area contributed by atoms with Crippen LogP contribution >= 0.6 is 0 Å². The minimum Gasteiger partial charge on any atom is -0.452 e. The lowest BCUT2D eigenvalue weighted by molar-refractivity contribution is -0.134. The summed E-state index contributed by atoms with van der Waals surface area (Å²) in [6, 6.07) is 8.82. The highest BCUT2D eigenvalue weighted by atomic mass is 32.2. The van der Waals surface area contributed by atoms with E-state index >= 15 is 0 Å². The average molecular weight is 338 g/mol. The van der Waals surface area contributed by atoms with Crippen LogP contribution in [0.5, 0.6) is 0 Å². The van der Waals surface area contributed by atoms with Gasteiger partial charge in [0.15, 0.2) is 0 Å². The lowest BCUT2D eigenvalue weighted by atomic mass is 10.2. The van der Waals surface area contributed by atoms with Crippen LogP contribution in [0.2, 0.25) is 0 Å². The van der Waals surface area contributed by atoms with E-state index in [9.17, 15) is 17.6 Å². The molecule has 1 aliphatic heterocycles. The second-order valence-electron chi connectivity index (χ2n) is 5.22. The predicted molar refractivity (Wildman–Crippen MR) is 79.3 cm³/mol. The Morgan fingerprint density at radius 2 is 2.00 bits per heavy atom. The summed E-state index contributed by atoms with van der Waals surface area (Å²) in [7, 11) is -3.80. The van der Waals surface area contributed by atoms with Gasteiger partial charge in [-0.15, -0.1) is 0 Å². The van der Waals surface area contributed by atoms with Crippen molar-refractivity contribution in [3.8, 4) is 0 Å². The minimum absolute atomic E-state index is 0.171. The minimum atomic E-state index is -3.80. The number of amides is 1. The number of halogens is 1. The molecule has 0 unspecified atom stereocenters. The molecule has 1 amide bonds. The first-order valence-electron chi connectivity index (χ1n) is 7.03. The zero-order valence-corrected chi connectivity index (χ0v) is 13.0. The number of sulfonamides is 1. The summed E-state index contributed by atoms with van der Waals surface area (Å²) in [6.45, 7) is 0.420. The molecule has 3 rings (SSSR count). The topological polar surface area (TPSA) is 70.8 Å². The first kappa shape index (κ1) is 15.7. The van der Waals surface area contributed by atoms with Gasteiger partial charge >= 0.3 is 0 Å². The van der Waals surface area contributed by atoms with Gasteiger partial charge in [0.1, 0.15) is 5.82 Å². The van der Waals surface area contributed by atoms with E-state index < -0.39 is 10.0 Å². The fourth-order valence-electron chi connectivity index (χ4n) is 2.45. The summed E-state index contributed by atoms with van der Waals surface area (Å²) < 4.78 is 43.8. The quantitative estimate of drug-likeness (QED) is 0.846. The van der Waals surface area contributed by atoms with Crippen LogP contribution in [-0.2, 0) is 21.4 Å². The average Bonchev–Trinajstić information content (AvgIpc) is 3.04. The molecule has 8 heteroatoms. The molecule has 0 bridgehead atoms. The second-order valence-corrected chi connectivity index (χ2v) is 7.08. The van der Waals surface area contributed by atoms with Crippen LogP contribution in [0, 0.1) is 5.82 Å². The molecule has 0 saturated carbocycles. The molecule has 0 atom stereocenters. The molecule has 2 heterocycles. The predicted octanol–water partition coefficient (Wildman–Crippen LogP) is 1.45. The van der Waals surface area contributed by atoms with Crippen molar-refractivity contribution in [2.75, 3.05) is 19.6 Å². The number of benzene rings is 1. The van der Waals surface area contributed by atoms with Crippen LogP contribution in [-0.4, -0.2) is 43.2 Å². The van der Waals surface area contributed by atoms with Gasteiger partial charge in [-0.1, -0.05) is 12.1 Å². The number of rotatable bonds is 4. The molecule has 1 saturated heterocycles. The molecule has 0 aliphatic carbocycles. The molecule has 1 aromatic heterocycles. The Bertz CT molecular complexity index is 805. The van der Waals surface area contributed by atoms with E-state index in [2.05, 4.69) is 0 Å². The summed E-state index contributed by atoms with van der Waals surface area (Å²) in [6.07, 6.45) is 1.27. The largest absolute Gasteiger partial charge is 0.452 e. The van der Waals surface area contributed by atoms with Gasteiger partial charge in [-0.2, -0.15) is 4.31 Å². The third kappa shape index (κ3) is 3.27. The number of piperazine rings is 1. The van der Waals surface area contributed by atoms with Crippen LogP contribution in [0.15, 0.2) is 52.2 Å². The van der Waals surface area contributed by atoms with Crippen molar-refractivity contribution in [2.24, 2.45) is 0 Å². The van der Waals surface area contributed by atoms with Crippen molar-refractivity contribution < 1.29 is 22.0 Å². The molecule has 1 aliphatic rings. The van der Waals surface area contributed by atoms with Gasteiger partial charge in [-0.3, -0.25) is 4.79 Å². The Morgan fingerprint density at radius 1 is 1.17 bits per heavy atom. The molecular weight excluding hydrogens is 323 g/mol. The van der Waals surface area contributed by atoms with Gasteiger partial charge in [-0.05, 0) is 29.8 Å². The Labute approximate surface area is 133 Å². The number of hydrogen-bond donors (Lipinski definition) is 0. The number of hydrogen-bond acceptors (Lipinski definition) is 4. The molecule has 23 heavy (non-hydrogen) atoms. The zero-order chi connectivity index (χ0) is 16.4. The molecule has 0 radical (unpaired) electrons. The van der Waals surface area contributed by atoms with E-state index in [4.69, 9.17) is 4.42 Å². The highest BCUT2D eigenvalue weighted by Gasteiger charge is 2.34. The van der Waals surface area contributed by atoms with E-state index in [0.29, 0.717) is 5.56 Å². The van der Waals surface area contributed by atoms with Gasteiger partial charge in [0.05, 0.1) is 12.8 Å². The van der Waals surface area contributed by atoms with Gasteiger partial charge in [0.25, 0.3) is 10.0 Å². The molecule has 2 aromatic rings. The van der Waals surface area contributed by atoms with Gasteiger partial charge in [-0.25, -0.2) is 12.8 Å². The highest BCUT2D eigenvalue weighted by Crippen LogP contribution is 2.19. The number of furan rings is 1. The molecular formula is C15H15FN2O4S. The molecule has 1 aromatic carbocycles. The zero-order valence-electron chi connectivity index (χ0n) is 12.2. The normalized spacial score (nSPS) is 16.7. The number of carbonyl (C=O) groups is 1. The Kier molecular flexibility index (Phi) is 4.18. The third-order valence-corrected chi connectivity index (χ3v) is 5.37. The van der Waals surface area contributed by atoms with Gasteiger partial charge < -0.3 is 9.32 Å². The molecule has 0 spiro atoms. The third-order valence-electron chi connectivity index (χ3n) is 3.64. The lowest BCUT2D eigenvalue weighted by Crippen LogP contribution is -2.51. The smallest absolute Gasteiger partial charge is 0.276 e. The van der Waals surface area contributed by atoms with E-state index in [1.165, 1.54) is 35.4 Å². The van der Waals surface area contributed by atoms with Gasteiger partial charge in [0.2, 0.25) is 11.0 Å². The molecule has 0 N–H and O–H groups in total. The van der Waals surface area contributed by atoms with Crippen LogP contribution in [0.25, 0.3) is 0 Å². The standard InChI is InChI=1S/C15H15FN2O4S/c16-13-4-1-3-12(9-13)10-17-6-7-18(11-14(17)19)23(20,21)15-5-2-8-22-15/h1-5,8-9H,6-7,10-11H2. The van der Waals surface area contributed by atoms with Crippen LogP contribution in [0.1, 0.15) is 5.56 Å². The maximum Gasteiger partial charge on any atom is 0.276 e. The Morgan fingerprint density at radius 3 is 2.65 bits per heavy atom. The summed E-state index contributed by atoms with van der Waals surface area (Å²) in [4.78, 5) is 13.7. The van der Waals surface area contributed by atoms with Crippen LogP contribution in [0.3, 0.4) is 0 Å². The fraction of sp³-hybridized carbons (Fsp3) is 0.267. The van der Waals surface area contributed by atoms with E-state index in [1.807, 2.05) is 0 Å². The van der Waals surface area contributed by atoms with Crippen molar-refractivity contribution in [3.05, 3.63) is 54.0 Å². The van der Waals surface area contributed by atoms with E-state index in [0.717, 1.165) is 4.31 Å². The SMILES string of the molecule is O=C1CN(S(=O)(=O)c2ccco2)CCN1Cc1cccc(F)c1. The molecule has 1 fully saturated rings. The van der Waals surface area contributed by atoms with E-state index in [-0.39, 0.29) is 43.0 Å². The van der Waals surface area contributed by atoms with Crippen LogP contribution in [0.4, 0.5) is 4.39 Å². The van der Waals surface area contributed by atoms with Crippen molar-refractivity contribution in [3.63, 3.8) is 0 Å². The maximum absolute atomic E-state index is 13.2. The summed E-state index contributed by atoms with van der Waals surface area (Å²) >= 11 is 0. The Hall–Kier alpha value is -2.19. The fourth-order valence-corrected chi connectivity index (χ4v) is 3.74. The van der Waals surface area contributed by atoms with Crippen molar-refractivity contribution in [2.45, 2.75) is 11.6 Å². The Balaban J connectivity index is 1.69. The summed E-state index contributed by atoms with van der Waals surface area (Å²) in [5.74, 6) is -0.690. The van der Waals surface area contributed by atoms with Crippen molar-refractivity contribution >= 4 is 15.9 Å². The summed E-state index contributed by atoms with van der Waals surface area (Å²) in [5, 5.41) is -0.177. The highest BCUT2D eigenvalue weighted by molar-refractivity contribution is 7.89. The number of carbonyl (C=O) groups excluding carboxylic acids is 1. The summed E-state index contributed by atoms with van der Waals surface area (Å²) in [5.41, 5.74) is 0.667. The lowest BCUT2D eigenvalue weighted by Gasteiger charge is -2.33. The first-order valence-corrected chi connectivity index (χ1v) is 8.47. The van der Waals surface area contributed by atoms with Crippen LogP contribution < -0.4 is 0 Å². The molecule has 122 valence electrons.